The molecule has 4 nitrogen and oxygen atoms in total. The van der Waals surface area contributed by atoms with Crippen molar-refractivity contribution in [3.8, 4) is 5.75 Å². The van der Waals surface area contributed by atoms with Crippen LogP contribution in [0.5, 0.6) is 5.75 Å². The quantitative estimate of drug-likeness (QED) is 0.638. The molecule has 2 aliphatic rings. The Kier molecular flexibility index (Phi) is 6.70. The van der Waals surface area contributed by atoms with E-state index in [4.69, 9.17) is 4.74 Å². The van der Waals surface area contributed by atoms with Gasteiger partial charge in [-0.2, -0.15) is 0 Å². The van der Waals surface area contributed by atoms with Gasteiger partial charge in [0.25, 0.3) is 5.91 Å². The molecule has 1 atom stereocenters. The van der Waals surface area contributed by atoms with Gasteiger partial charge in [-0.3, -0.25) is 4.79 Å². The van der Waals surface area contributed by atoms with Crippen LogP contribution in [0.1, 0.15) is 62.2 Å². The molecule has 1 unspecified atom stereocenters. The first-order valence-corrected chi connectivity index (χ1v) is 11.4. The lowest BCUT2D eigenvalue weighted by Crippen LogP contribution is -2.42. The van der Waals surface area contributed by atoms with Crippen LogP contribution >= 0.6 is 0 Å². The fourth-order valence-electron chi connectivity index (χ4n) is 4.67. The van der Waals surface area contributed by atoms with E-state index >= 15 is 0 Å². The van der Waals surface area contributed by atoms with Crippen LogP contribution in [0.4, 0.5) is 0 Å². The zero-order valence-electron chi connectivity index (χ0n) is 17.7. The average molecular weight is 395 g/mol. The Morgan fingerprint density at radius 1 is 0.966 bits per heavy atom. The minimum absolute atomic E-state index is 0.164. The molecule has 2 heterocycles. The number of likely N-dealkylation sites (tertiary alicyclic amines) is 2. The van der Waals surface area contributed by atoms with Crippen molar-refractivity contribution >= 4 is 16.7 Å². The molecule has 29 heavy (non-hydrogen) atoms. The number of fused-ring (bicyclic) bond motifs is 1. The third kappa shape index (κ3) is 5.11. The second-order valence-corrected chi connectivity index (χ2v) is 8.67. The maximum atomic E-state index is 12.9. The minimum Gasteiger partial charge on any atom is -0.494 e. The van der Waals surface area contributed by atoms with Crippen molar-refractivity contribution in [2.75, 3.05) is 32.8 Å². The number of rotatable bonds is 6. The number of piperidine rings is 2. The molecule has 0 saturated carbocycles. The Morgan fingerprint density at radius 2 is 1.72 bits per heavy atom. The molecule has 0 spiro atoms. The summed E-state index contributed by atoms with van der Waals surface area (Å²) in [4.78, 5) is 17.5. The van der Waals surface area contributed by atoms with Crippen LogP contribution in [-0.4, -0.2) is 54.5 Å². The van der Waals surface area contributed by atoms with Gasteiger partial charge in [-0.1, -0.05) is 18.6 Å². The number of carbonyl (C=O) groups excluding carboxylic acids is 1. The Labute approximate surface area is 174 Å². The number of benzene rings is 2. The molecule has 0 N–H and O–H groups in total. The van der Waals surface area contributed by atoms with E-state index in [0.29, 0.717) is 6.04 Å². The van der Waals surface area contributed by atoms with E-state index in [9.17, 15) is 4.79 Å². The fourth-order valence-corrected chi connectivity index (χ4v) is 4.67. The second-order valence-electron chi connectivity index (χ2n) is 8.67. The van der Waals surface area contributed by atoms with Gasteiger partial charge in [0.15, 0.2) is 0 Å². The predicted octanol–water partition coefficient (Wildman–Crippen LogP) is 5.11. The number of amides is 1. The van der Waals surface area contributed by atoms with Crippen molar-refractivity contribution in [3.05, 3.63) is 42.0 Å². The average Bonchev–Trinajstić information content (AvgIpc) is 2.77. The fraction of sp³-hybridized carbons (Fsp3) is 0.560. The van der Waals surface area contributed by atoms with Crippen LogP contribution in [0.2, 0.25) is 0 Å². The van der Waals surface area contributed by atoms with E-state index in [2.05, 4.69) is 30.0 Å². The lowest BCUT2D eigenvalue weighted by Gasteiger charge is -2.33. The molecule has 1 amide bonds. The SMILES string of the molecule is CC1CCCCN1C(=O)c1ccc2cc(OCCCN3CCCCC3)ccc2c1. The first-order chi connectivity index (χ1) is 14.2. The van der Waals surface area contributed by atoms with Gasteiger partial charge in [-0.05, 0) is 93.6 Å². The molecule has 156 valence electrons. The predicted molar refractivity (Wildman–Crippen MR) is 119 cm³/mol. The lowest BCUT2D eigenvalue weighted by molar-refractivity contribution is 0.0636. The maximum Gasteiger partial charge on any atom is 0.254 e. The van der Waals surface area contributed by atoms with Gasteiger partial charge in [-0.25, -0.2) is 0 Å². The zero-order chi connectivity index (χ0) is 20.1. The summed E-state index contributed by atoms with van der Waals surface area (Å²) in [6.45, 7) is 7.41. The number of hydrogen-bond donors (Lipinski definition) is 0. The molecule has 4 heteroatoms. The van der Waals surface area contributed by atoms with Crippen molar-refractivity contribution < 1.29 is 9.53 Å². The summed E-state index contributed by atoms with van der Waals surface area (Å²) in [5, 5.41) is 2.22. The van der Waals surface area contributed by atoms with E-state index in [-0.39, 0.29) is 5.91 Å². The molecule has 4 rings (SSSR count). The zero-order valence-corrected chi connectivity index (χ0v) is 17.7. The van der Waals surface area contributed by atoms with Crippen LogP contribution in [0.3, 0.4) is 0 Å². The van der Waals surface area contributed by atoms with E-state index in [1.54, 1.807) is 0 Å². The van der Waals surface area contributed by atoms with E-state index in [1.165, 1.54) is 38.8 Å². The molecule has 2 aromatic carbocycles. The summed E-state index contributed by atoms with van der Waals surface area (Å²) in [6.07, 6.45) is 8.58. The minimum atomic E-state index is 0.164. The van der Waals surface area contributed by atoms with E-state index in [0.717, 1.165) is 61.0 Å². The summed E-state index contributed by atoms with van der Waals surface area (Å²) in [5.74, 6) is 1.08. The van der Waals surface area contributed by atoms with Gasteiger partial charge in [0.05, 0.1) is 6.61 Å². The molecule has 2 saturated heterocycles. The molecular formula is C25H34N2O2. The van der Waals surface area contributed by atoms with Crippen LogP contribution in [0, 0.1) is 0 Å². The van der Waals surface area contributed by atoms with Crippen molar-refractivity contribution in [3.63, 3.8) is 0 Å². The third-order valence-corrected chi connectivity index (χ3v) is 6.46. The summed E-state index contributed by atoms with van der Waals surface area (Å²) < 4.78 is 5.99. The normalized spacial score (nSPS) is 20.7. The number of nitrogens with zero attached hydrogens (tertiary/aromatic N) is 2. The molecule has 0 bridgehead atoms. The molecule has 2 aliphatic heterocycles. The van der Waals surface area contributed by atoms with Gasteiger partial charge in [0, 0.05) is 24.7 Å². The number of ether oxygens (including phenoxy) is 1. The van der Waals surface area contributed by atoms with Crippen LogP contribution < -0.4 is 4.74 Å². The number of carbonyl (C=O) groups is 1. The number of hydrogen-bond acceptors (Lipinski definition) is 3. The molecule has 0 aromatic heterocycles. The standard InChI is InChI=1S/C25H34N2O2/c1-20-8-3-6-16-27(20)25(28)23-10-9-22-19-24(12-11-21(22)18-23)29-17-7-15-26-13-4-2-5-14-26/h9-12,18-20H,2-8,13-17H2,1H3. The van der Waals surface area contributed by atoms with Crippen LogP contribution in [0.25, 0.3) is 10.8 Å². The Balaban J connectivity index is 1.34. The Bertz CT molecular complexity index is 829. The van der Waals surface area contributed by atoms with Crippen molar-refractivity contribution in [2.45, 2.75) is 57.9 Å². The van der Waals surface area contributed by atoms with Crippen molar-refractivity contribution in [1.82, 2.24) is 9.80 Å². The Hall–Kier alpha value is -2.07. The molecular weight excluding hydrogens is 360 g/mol. The monoisotopic (exact) mass is 394 g/mol. The van der Waals surface area contributed by atoms with Gasteiger partial charge in [0.2, 0.25) is 0 Å². The first kappa shape index (κ1) is 20.2. The van der Waals surface area contributed by atoms with Crippen molar-refractivity contribution in [2.24, 2.45) is 0 Å². The van der Waals surface area contributed by atoms with Gasteiger partial charge in [-0.15, -0.1) is 0 Å². The van der Waals surface area contributed by atoms with E-state index < -0.39 is 0 Å². The lowest BCUT2D eigenvalue weighted by atomic mass is 10.0. The summed E-state index contributed by atoms with van der Waals surface area (Å²) in [5.41, 5.74) is 0.793. The highest BCUT2D eigenvalue weighted by atomic mass is 16.5. The second kappa shape index (κ2) is 9.62. The van der Waals surface area contributed by atoms with Crippen LogP contribution in [-0.2, 0) is 0 Å². The van der Waals surface area contributed by atoms with Gasteiger partial charge in [0.1, 0.15) is 5.75 Å². The molecule has 0 radical (unpaired) electrons. The molecule has 0 aliphatic carbocycles. The topological polar surface area (TPSA) is 32.8 Å². The van der Waals surface area contributed by atoms with Crippen molar-refractivity contribution in [1.29, 1.82) is 0 Å². The third-order valence-electron chi connectivity index (χ3n) is 6.46. The molecule has 2 fully saturated rings. The highest BCUT2D eigenvalue weighted by Gasteiger charge is 2.24. The van der Waals surface area contributed by atoms with Gasteiger partial charge < -0.3 is 14.5 Å². The summed E-state index contributed by atoms with van der Waals surface area (Å²) in [6, 6.07) is 12.6. The Morgan fingerprint density at radius 3 is 2.55 bits per heavy atom. The molecule has 2 aromatic rings. The maximum absolute atomic E-state index is 12.9. The summed E-state index contributed by atoms with van der Waals surface area (Å²) >= 11 is 0. The first-order valence-electron chi connectivity index (χ1n) is 11.4. The largest absolute Gasteiger partial charge is 0.494 e. The van der Waals surface area contributed by atoms with Crippen LogP contribution in [0.15, 0.2) is 36.4 Å². The highest BCUT2D eigenvalue weighted by Crippen LogP contribution is 2.25. The summed E-state index contributed by atoms with van der Waals surface area (Å²) in [7, 11) is 0. The highest BCUT2D eigenvalue weighted by molar-refractivity contribution is 5.99. The van der Waals surface area contributed by atoms with Gasteiger partial charge >= 0.3 is 0 Å². The smallest absolute Gasteiger partial charge is 0.254 e. The van der Waals surface area contributed by atoms with E-state index in [1.807, 2.05) is 23.1 Å².